The summed E-state index contributed by atoms with van der Waals surface area (Å²) in [5.74, 6) is -1.12. The van der Waals surface area contributed by atoms with E-state index in [4.69, 9.17) is 0 Å². The molecule has 0 aliphatic heterocycles. The molecule has 2 unspecified atom stereocenters. The molecule has 0 aliphatic rings. The van der Waals surface area contributed by atoms with Crippen molar-refractivity contribution in [1.29, 1.82) is 0 Å². The molecule has 1 aromatic rings. The molecule has 96 valence electrons. The van der Waals surface area contributed by atoms with Crippen LogP contribution in [0.2, 0.25) is 0 Å². The van der Waals surface area contributed by atoms with Gasteiger partial charge >= 0.3 is 0 Å². The topological polar surface area (TPSA) is 32.3 Å². The van der Waals surface area contributed by atoms with Gasteiger partial charge < -0.3 is 10.4 Å². The Kier molecular flexibility index (Phi) is 5.51. The lowest BCUT2D eigenvalue weighted by Gasteiger charge is -2.21. The number of aliphatic hydroxyl groups excluding tert-OH is 1. The van der Waals surface area contributed by atoms with Crippen LogP contribution >= 0.6 is 0 Å². The summed E-state index contributed by atoms with van der Waals surface area (Å²) in [6.45, 7) is 4.57. The third-order valence-corrected chi connectivity index (χ3v) is 2.75. The van der Waals surface area contributed by atoms with E-state index in [0.717, 1.165) is 37.6 Å². The van der Waals surface area contributed by atoms with Crippen LogP contribution in [0, 0.1) is 11.6 Å². The summed E-state index contributed by atoms with van der Waals surface area (Å²) in [5, 5.41) is 13.0. The number of unbranched alkanes of at least 4 members (excludes halogenated alkanes) is 1. The molecule has 0 aromatic heterocycles. The Hall–Kier alpha value is -1.00. The Morgan fingerprint density at radius 1 is 1.35 bits per heavy atom. The van der Waals surface area contributed by atoms with E-state index < -0.39 is 17.7 Å². The van der Waals surface area contributed by atoms with E-state index in [1.807, 2.05) is 0 Å². The standard InChI is InChI=1S/C13H19F2NO/c1-3-4-7-16-9(2)13(17)11-8-10(14)5-6-12(11)15/h5-6,8-9,13,16-17H,3-4,7H2,1-2H3. The Morgan fingerprint density at radius 3 is 2.71 bits per heavy atom. The second kappa shape index (κ2) is 6.67. The Bertz CT molecular complexity index is 357. The smallest absolute Gasteiger partial charge is 0.129 e. The minimum absolute atomic E-state index is 0.00139. The maximum Gasteiger partial charge on any atom is 0.129 e. The average molecular weight is 243 g/mol. The Balaban J connectivity index is 2.67. The molecule has 17 heavy (non-hydrogen) atoms. The van der Waals surface area contributed by atoms with Crippen molar-refractivity contribution in [3.05, 3.63) is 35.4 Å². The zero-order valence-electron chi connectivity index (χ0n) is 10.2. The van der Waals surface area contributed by atoms with Crippen LogP contribution in [-0.2, 0) is 0 Å². The monoisotopic (exact) mass is 243 g/mol. The van der Waals surface area contributed by atoms with Crippen LogP contribution in [0.5, 0.6) is 0 Å². The summed E-state index contributed by atoms with van der Waals surface area (Å²) in [5.41, 5.74) is 0.00139. The van der Waals surface area contributed by atoms with Crippen LogP contribution in [0.1, 0.15) is 38.4 Å². The molecule has 0 bridgehead atoms. The molecule has 2 N–H and O–H groups in total. The first kappa shape index (κ1) is 14.1. The van der Waals surface area contributed by atoms with Crippen LogP contribution in [0.15, 0.2) is 18.2 Å². The van der Waals surface area contributed by atoms with Gasteiger partial charge in [-0.1, -0.05) is 13.3 Å². The van der Waals surface area contributed by atoms with E-state index in [0.29, 0.717) is 0 Å². The first-order valence-electron chi connectivity index (χ1n) is 5.92. The summed E-state index contributed by atoms with van der Waals surface area (Å²) in [6, 6.07) is 2.81. The van der Waals surface area contributed by atoms with Crippen LogP contribution in [0.3, 0.4) is 0 Å². The van der Waals surface area contributed by atoms with E-state index in [1.54, 1.807) is 6.92 Å². The van der Waals surface area contributed by atoms with Gasteiger partial charge in [-0.05, 0) is 38.1 Å². The summed E-state index contributed by atoms with van der Waals surface area (Å²) < 4.78 is 26.4. The molecule has 1 aromatic carbocycles. The van der Waals surface area contributed by atoms with Crippen molar-refractivity contribution in [3.8, 4) is 0 Å². The maximum absolute atomic E-state index is 13.4. The summed E-state index contributed by atoms with van der Waals surface area (Å²) in [6.07, 6.45) is 0.995. The van der Waals surface area contributed by atoms with Crippen molar-refractivity contribution in [1.82, 2.24) is 5.32 Å². The quantitative estimate of drug-likeness (QED) is 0.753. The highest BCUT2D eigenvalue weighted by Crippen LogP contribution is 2.21. The highest BCUT2D eigenvalue weighted by atomic mass is 19.1. The van der Waals surface area contributed by atoms with Gasteiger partial charge in [0.2, 0.25) is 0 Å². The molecule has 2 atom stereocenters. The van der Waals surface area contributed by atoms with Gasteiger partial charge in [-0.3, -0.25) is 0 Å². The number of benzene rings is 1. The molecular formula is C13H19F2NO. The Labute approximate surface area is 101 Å². The fraction of sp³-hybridized carbons (Fsp3) is 0.538. The molecule has 0 aliphatic carbocycles. The fourth-order valence-corrected chi connectivity index (χ4v) is 1.63. The first-order valence-corrected chi connectivity index (χ1v) is 5.92. The molecule has 0 heterocycles. The molecule has 0 radical (unpaired) electrons. The predicted molar refractivity (Wildman–Crippen MR) is 63.7 cm³/mol. The number of halogens is 2. The second-order valence-corrected chi connectivity index (χ2v) is 4.21. The summed E-state index contributed by atoms with van der Waals surface area (Å²) in [4.78, 5) is 0. The molecule has 2 nitrogen and oxygen atoms in total. The molecule has 0 spiro atoms. The SMILES string of the molecule is CCCCNC(C)C(O)c1cc(F)ccc1F. The largest absolute Gasteiger partial charge is 0.387 e. The molecule has 0 amide bonds. The minimum atomic E-state index is -1.04. The van der Waals surface area contributed by atoms with Crippen molar-refractivity contribution >= 4 is 0 Å². The molecule has 4 heteroatoms. The van der Waals surface area contributed by atoms with Crippen molar-refractivity contribution < 1.29 is 13.9 Å². The van der Waals surface area contributed by atoms with Crippen LogP contribution in [0.4, 0.5) is 8.78 Å². The lowest BCUT2D eigenvalue weighted by Crippen LogP contribution is -2.33. The van der Waals surface area contributed by atoms with Crippen molar-refractivity contribution in [2.75, 3.05) is 6.54 Å². The lowest BCUT2D eigenvalue weighted by molar-refractivity contribution is 0.131. The van der Waals surface area contributed by atoms with Crippen LogP contribution in [-0.4, -0.2) is 17.7 Å². The zero-order valence-corrected chi connectivity index (χ0v) is 10.2. The average Bonchev–Trinajstić information content (AvgIpc) is 2.31. The highest BCUT2D eigenvalue weighted by molar-refractivity contribution is 5.22. The molecule has 0 saturated heterocycles. The normalized spacial score (nSPS) is 14.6. The van der Waals surface area contributed by atoms with Gasteiger partial charge in [-0.2, -0.15) is 0 Å². The van der Waals surface area contributed by atoms with Crippen molar-refractivity contribution in [2.45, 2.75) is 38.8 Å². The number of rotatable bonds is 6. The van der Waals surface area contributed by atoms with E-state index in [9.17, 15) is 13.9 Å². The van der Waals surface area contributed by atoms with E-state index in [1.165, 1.54) is 0 Å². The minimum Gasteiger partial charge on any atom is -0.387 e. The number of hydrogen-bond acceptors (Lipinski definition) is 2. The van der Waals surface area contributed by atoms with Gasteiger partial charge in [0, 0.05) is 11.6 Å². The van der Waals surface area contributed by atoms with Crippen molar-refractivity contribution in [2.24, 2.45) is 0 Å². The van der Waals surface area contributed by atoms with Crippen LogP contribution < -0.4 is 5.32 Å². The van der Waals surface area contributed by atoms with Gasteiger partial charge in [0.25, 0.3) is 0 Å². The predicted octanol–water partition coefficient (Wildman–Crippen LogP) is 2.78. The summed E-state index contributed by atoms with van der Waals surface area (Å²) in [7, 11) is 0. The Morgan fingerprint density at radius 2 is 2.06 bits per heavy atom. The molecular weight excluding hydrogens is 224 g/mol. The van der Waals surface area contributed by atoms with Crippen molar-refractivity contribution in [3.63, 3.8) is 0 Å². The number of hydrogen-bond donors (Lipinski definition) is 2. The van der Waals surface area contributed by atoms with Gasteiger partial charge in [0.15, 0.2) is 0 Å². The van der Waals surface area contributed by atoms with E-state index >= 15 is 0 Å². The van der Waals surface area contributed by atoms with E-state index in [2.05, 4.69) is 12.2 Å². The van der Waals surface area contributed by atoms with Gasteiger partial charge in [-0.25, -0.2) is 8.78 Å². The lowest BCUT2D eigenvalue weighted by atomic mass is 10.0. The third kappa shape index (κ3) is 4.06. The molecule has 1 rings (SSSR count). The van der Waals surface area contributed by atoms with Gasteiger partial charge in [0.05, 0.1) is 6.10 Å². The van der Waals surface area contributed by atoms with Gasteiger partial charge in [0.1, 0.15) is 11.6 Å². The number of nitrogens with one attached hydrogen (secondary N) is 1. The molecule has 0 fully saturated rings. The summed E-state index contributed by atoms with van der Waals surface area (Å²) >= 11 is 0. The number of aliphatic hydroxyl groups is 1. The maximum atomic E-state index is 13.4. The second-order valence-electron chi connectivity index (χ2n) is 4.21. The fourth-order valence-electron chi connectivity index (χ4n) is 1.63. The third-order valence-electron chi connectivity index (χ3n) is 2.75. The van der Waals surface area contributed by atoms with E-state index in [-0.39, 0.29) is 11.6 Å². The molecule has 0 saturated carbocycles. The first-order chi connectivity index (χ1) is 8.06. The van der Waals surface area contributed by atoms with Crippen LogP contribution in [0.25, 0.3) is 0 Å². The zero-order chi connectivity index (χ0) is 12.8. The highest BCUT2D eigenvalue weighted by Gasteiger charge is 2.19. The van der Waals surface area contributed by atoms with Gasteiger partial charge in [-0.15, -0.1) is 0 Å².